The SMILES string of the molecule is CCCc1noc(CN2CCC3(CC2)C(O)CC3OCC)n1. The third kappa shape index (κ3) is 2.92. The average Bonchev–Trinajstić information content (AvgIpc) is 2.95. The van der Waals surface area contributed by atoms with Crippen LogP contribution < -0.4 is 0 Å². The van der Waals surface area contributed by atoms with Gasteiger partial charge in [0.25, 0.3) is 0 Å². The monoisotopic (exact) mass is 309 g/mol. The highest BCUT2D eigenvalue weighted by atomic mass is 16.5. The molecule has 0 amide bonds. The average molecular weight is 309 g/mol. The molecule has 1 aromatic heterocycles. The maximum Gasteiger partial charge on any atom is 0.240 e. The Bertz CT molecular complexity index is 481. The molecule has 3 rings (SSSR count). The molecule has 1 aliphatic carbocycles. The van der Waals surface area contributed by atoms with Gasteiger partial charge in [-0.1, -0.05) is 12.1 Å². The van der Waals surface area contributed by atoms with Crippen molar-refractivity contribution >= 4 is 0 Å². The van der Waals surface area contributed by atoms with Crippen LogP contribution >= 0.6 is 0 Å². The predicted molar refractivity (Wildman–Crippen MR) is 81.3 cm³/mol. The highest BCUT2D eigenvalue weighted by Crippen LogP contribution is 2.51. The lowest BCUT2D eigenvalue weighted by molar-refractivity contribution is -0.210. The van der Waals surface area contributed by atoms with Crippen LogP contribution in [-0.2, 0) is 17.7 Å². The summed E-state index contributed by atoms with van der Waals surface area (Å²) in [5.41, 5.74) is -0.0191. The van der Waals surface area contributed by atoms with Crippen molar-refractivity contribution in [3.63, 3.8) is 0 Å². The van der Waals surface area contributed by atoms with E-state index in [1.165, 1.54) is 0 Å². The fourth-order valence-electron chi connectivity index (χ4n) is 3.81. The molecule has 0 aromatic carbocycles. The number of hydrogen-bond donors (Lipinski definition) is 1. The number of hydrogen-bond acceptors (Lipinski definition) is 6. The fourth-order valence-corrected chi connectivity index (χ4v) is 3.81. The van der Waals surface area contributed by atoms with Gasteiger partial charge in [0.15, 0.2) is 5.82 Å². The summed E-state index contributed by atoms with van der Waals surface area (Å²) in [4.78, 5) is 6.77. The normalized spacial score (nSPS) is 28.0. The van der Waals surface area contributed by atoms with Crippen molar-refractivity contribution in [2.75, 3.05) is 19.7 Å². The van der Waals surface area contributed by atoms with Crippen LogP contribution in [0.15, 0.2) is 4.52 Å². The van der Waals surface area contributed by atoms with E-state index in [4.69, 9.17) is 9.26 Å². The molecule has 1 saturated heterocycles. The third-order valence-electron chi connectivity index (χ3n) is 5.24. The summed E-state index contributed by atoms with van der Waals surface area (Å²) in [6.45, 7) is 7.47. The summed E-state index contributed by atoms with van der Waals surface area (Å²) < 4.78 is 11.1. The topological polar surface area (TPSA) is 71.6 Å². The lowest BCUT2D eigenvalue weighted by atomic mass is 9.58. The Labute approximate surface area is 131 Å². The van der Waals surface area contributed by atoms with E-state index in [2.05, 4.69) is 22.0 Å². The van der Waals surface area contributed by atoms with Gasteiger partial charge in [-0.2, -0.15) is 4.98 Å². The van der Waals surface area contributed by atoms with E-state index in [1.807, 2.05) is 6.92 Å². The van der Waals surface area contributed by atoms with Gasteiger partial charge in [-0.3, -0.25) is 4.90 Å². The van der Waals surface area contributed by atoms with Crippen LogP contribution in [0.4, 0.5) is 0 Å². The Kier molecular flexibility index (Phi) is 4.80. The minimum absolute atomic E-state index is 0.0191. The quantitative estimate of drug-likeness (QED) is 0.863. The number of aryl methyl sites for hydroxylation is 1. The number of aliphatic hydroxyl groups excluding tert-OH is 1. The van der Waals surface area contributed by atoms with Crippen LogP contribution in [0.3, 0.4) is 0 Å². The van der Waals surface area contributed by atoms with E-state index in [0.717, 1.165) is 57.6 Å². The van der Waals surface area contributed by atoms with E-state index in [-0.39, 0.29) is 17.6 Å². The van der Waals surface area contributed by atoms with Crippen molar-refractivity contribution in [3.05, 3.63) is 11.7 Å². The van der Waals surface area contributed by atoms with Gasteiger partial charge in [-0.25, -0.2) is 0 Å². The Hall–Kier alpha value is -0.980. The first kappa shape index (κ1) is 15.9. The molecule has 0 radical (unpaired) electrons. The largest absolute Gasteiger partial charge is 0.392 e. The number of aliphatic hydroxyl groups is 1. The summed E-state index contributed by atoms with van der Waals surface area (Å²) in [5.74, 6) is 1.51. The van der Waals surface area contributed by atoms with E-state index in [9.17, 15) is 5.11 Å². The molecule has 2 unspecified atom stereocenters. The number of ether oxygens (including phenoxy) is 1. The van der Waals surface area contributed by atoms with Crippen LogP contribution in [0.5, 0.6) is 0 Å². The van der Waals surface area contributed by atoms with Crippen LogP contribution in [0.25, 0.3) is 0 Å². The smallest absolute Gasteiger partial charge is 0.240 e. The second kappa shape index (κ2) is 6.64. The highest BCUT2D eigenvalue weighted by molar-refractivity contribution is 5.06. The van der Waals surface area contributed by atoms with Crippen molar-refractivity contribution in [1.29, 1.82) is 0 Å². The summed E-state index contributed by atoms with van der Waals surface area (Å²) in [7, 11) is 0. The molecule has 124 valence electrons. The highest BCUT2D eigenvalue weighted by Gasteiger charge is 2.55. The lowest BCUT2D eigenvalue weighted by Crippen LogP contribution is -2.62. The van der Waals surface area contributed by atoms with Crippen LogP contribution in [-0.4, -0.2) is 52.1 Å². The molecular formula is C16H27N3O3. The van der Waals surface area contributed by atoms with E-state index in [1.54, 1.807) is 0 Å². The van der Waals surface area contributed by atoms with Crippen molar-refractivity contribution in [2.24, 2.45) is 5.41 Å². The van der Waals surface area contributed by atoms with Crippen molar-refractivity contribution in [2.45, 2.75) is 64.7 Å². The van der Waals surface area contributed by atoms with Crippen molar-refractivity contribution in [1.82, 2.24) is 15.0 Å². The maximum atomic E-state index is 10.2. The molecule has 2 fully saturated rings. The van der Waals surface area contributed by atoms with Crippen molar-refractivity contribution < 1.29 is 14.4 Å². The first-order valence-electron chi connectivity index (χ1n) is 8.51. The standard InChI is InChI=1S/C16H27N3O3/c1-3-5-14-17-15(22-18-14)11-19-8-6-16(7-9-19)12(20)10-13(16)21-4-2/h12-13,20H,3-11H2,1-2H3. The number of piperidine rings is 1. The molecule has 2 heterocycles. The summed E-state index contributed by atoms with van der Waals surface area (Å²) in [5, 5.41) is 14.2. The van der Waals surface area contributed by atoms with Gasteiger partial charge in [-0.05, 0) is 39.3 Å². The zero-order valence-corrected chi connectivity index (χ0v) is 13.6. The number of rotatable bonds is 6. The van der Waals surface area contributed by atoms with E-state index >= 15 is 0 Å². The van der Waals surface area contributed by atoms with Gasteiger partial charge in [0.2, 0.25) is 5.89 Å². The molecule has 1 aliphatic heterocycles. The van der Waals surface area contributed by atoms with Gasteiger partial charge in [0, 0.05) is 24.9 Å². The molecule has 1 saturated carbocycles. The van der Waals surface area contributed by atoms with Crippen LogP contribution in [0.1, 0.15) is 51.2 Å². The van der Waals surface area contributed by atoms with Crippen LogP contribution in [0, 0.1) is 5.41 Å². The fraction of sp³-hybridized carbons (Fsp3) is 0.875. The lowest BCUT2D eigenvalue weighted by Gasteiger charge is -2.56. The Balaban J connectivity index is 1.53. The molecule has 2 aliphatic rings. The minimum atomic E-state index is -0.203. The number of aromatic nitrogens is 2. The number of nitrogens with zero attached hydrogens (tertiary/aromatic N) is 3. The minimum Gasteiger partial charge on any atom is -0.392 e. The molecule has 6 nitrogen and oxygen atoms in total. The second-order valence-corrected chi connectivity index (χ2v) is 6.56. The molecule has 6 heteroatoms. The Morgan fingerprint density at radius 3 is 2.77 bits per heavy atom. The third-order valence-corrected chi connectivity index (χ3v) is 5.24. The summed E-state index contributed by atoms with van der Waals surface area (Å²) in [6.07, 6.45) is 4.68. The Morgan fingerprint density at radius 1 is 1.36 bits per heavy atom. The van der Waals surface area contributed by atoms with Gasteiger partial charge >= 0.3 is 0 Å². The van der Waals surface area contributed by atoms with Gasteiger partial charge in [0.05, 0.1) is 18.8 Å². The maximum absolute atomic E-state index is 10.2. The van der Waals surface area contributed by atoms with E-state index < -0.39 is 0 Å². The van der Waals surface area contributed by atoms with Crippen molar-refractivity contribution in [3.8, 4) is 0 Å². The van der Waals surface area contributed by atoms with E-state index in [0.29, 0.717) is 12.4 Å². The molecule has 2 atom stereocenters. The summed E-state index contributed by atoms with van der Waals surface area (Å²) in [6, 6.07) is 0. The number of likely N-dealkylation sites (tertiary alicyclic amines) is 1. The first-order chi connectivity index (χ1) is 10.7. The van der Waals surface area contributed by atoms with Crippen LogP contribution in [0.2, 0.25) is 0 Å². The molecular weight excluding hydrogens is 282 g/mol. The summed E-state index contributed by atoms with van der Waals surface area (Å²) >= 11 is 0. The second-order valence-electron chi connectivity index (χ2n) is 6.56. The molecule has 1 aromatic rings. The van der Waals surface area contributed by atoms with Gasteiger partial charge < -0.3 is 14.4 Å². The molecule has 0 bridgehead atoms. The molecule has 1 N–H and O–H groups in total. The molecule has 22 heavy (non-hydrogen) atoms. The zero-order chi connectivity index (χ0) is 15.6. The predicted octanol–water partition coefficient (Wildman–Crippen LogP) is 1.77. The van der Waals surface area contributed by atoms with Gasteiger partial charge in [-0.15, -0.1) is 0 Å². The zero-order valence-electron chi connectivity index (χ0n) is 13.6. The van der Waals surface area contributed by atoms with Gasteiger partial charge in [0.1, 0.15) is 0 Å². The Morgan fingerprint density at radius 2 is 2.14 bits per heavy atom. The molecule has 1 spiro atoms. The first-order valence-corrected chi connectivity index (χ1v) is 8.51.